The molecule has 0 bridgehead atoms. The van der Waals surface area contributed by atoms with Crippen molar-refractivity contribution in [2.45, 2.75) is 4.83 Å². The molecule has 0 heterocycles. The SMILES string of the molecule is COc1cccc(C(Br)c2ccc(Cl)c(Cl)c2)c1. The van der Waals surface area contributed by atoms with Gasteiger partial charge >= 0.3 is 0 Å². The normalized spacial score (nSPS) is 12.2. The van der Waals surface area contributed by atoms with Crippen LogP contribution in [0.3, 0.4) is 0 Å². The van der Waals surface area contributed by atoms with Gasteiger partial charge in [-0.2, -0.15) is 0 Å². The summed E-state index contributed by atoms with van der Waals surface area (Å²) in [5, 5.41) is 1.12. The molecule has 0 aliphatic carbocycles. The summed E-state index contributed by atoms with van der Waals surface area (Å²) < 4.78 is 5.22. The molecule has 0 N–H and O–H groups in total. The fourth-order valence-corrected chi connectivity index (χ4v) is 2.54. The topological polar surface area (TPSA) is 9.23 Å². The molecule has 0 aliphatic rings. The molecule has 2 aromatic rings. The van der Waals surface area contributed by atoms with Gasteiger partial charge in [-0.25, -0.2) is 0 Å². The number of hydrogen-bond donors (Lipinski definition) is 0. The Balaban J connectivity index is 2.34. The molecule has 94 valence electrons. The maximum absolute atomic E-state index is 6.03. The highest BCUT2D eigenvalue weighted by Crippen LogP contribution is 2.35. The number of hydrogen-bond acceptors (Lipinski definition) is 1. The van der Waals surface area contributed by atoms with E-state index in [1.807, 2.05) is 36.4 Å². The van der Waals surface area contributed by atoms with Crippen LogP contribution < -0.4 is 4.74 Å². The van der Waals surface area contributed by atoms with Gasteiger partial charge in [0.25, 0.3) is 0 Å². The summed E-state index contributed by atoms with van der Waals surface area (Å²) in [5.41, 5.74) is 2.16. The van der Waals surface area contributed by atoms with Crippen LogP contribution in [0.2, 0.25) is 10.0 Å². The zero-order chi connectivity index (χ0) is 13.1. The summed E-state index contributed by atoms with van der Waals surface area (Å²) in [7, 11) is 1.65. The number of halogens is 3. The Morgan fingerprint density at radius 2 is 1.72 bits per heavy atom. The van der Waals surface area contributed by atoms with E-state index in [0.29, 0.717) is 10.0 Å². The quantitative estimate of drug-likeness (QED) is 0.668. The first-order valence-corrected chi connectivity index (χ1v) is 7.02. The van der Waals surface area contributed by atoms with Gasteiger partial charge in [0.05, 0.1) is 22.0 Å². The summed E-state index contributed by atoms with van der Waals surface area (Å²) in [6.45, 7) is 0. The van der Waals surface area contributed by atoms with E-state index in [-0.39, 0.29) is 4.83 Å². The lowest BCUT2D eigenvalue weighted by Crippen LogP contribution is -1.94. The molecule has 0 amide bonds. The molecule has 1 nitrogen and oxygen atoms in total. The van der Waals surface area contributed by atoms with Gasteiger partial charge in [-0.3, -0.25) is 0 Å². The van der Waals surface area contributed by atoms with Gasteiger partial charge in [-0.1, -0.05) is 57.3 Å². The summed E-state index contributed by atoms with van der Waals surface area (Å²) in [4.78, 5) is 0.0577. The molecule has 2 aromatic carbocycles. The molecule has 0 fully saturated rings. The molecule has 0 saturated carbocycles. The Labute approximate surface area is 125 Å². The van der Waals surface area contributed by atoms with Crippen molar-refractivity contribution in [1.29, 1.82) is 0 Å². The number of rotatable bonds is 3. The maximum Gasteiger partial charge on any atom is 0.119 e. The average Bonchev–Trinajstić information content (AvgIpc) is 2.41. The minimum atomic E-state index is 0.0577. The third kappa shape index (κ3) is 3.00. The van der Waals surface area contributed by atoms with Crippen LogP contribution in [0, 0.1) is 0 Å². The minimum absolute atomic E-state index is 0.0577. The van der Waals surface area contributed by atoms with Crippen molar-refractivity contribution < 1.29 is 4.74 Å². The number of methoxy groups -OCH3 is 1. The van der Waals surface area contributed by atoms with Crippen molar-refractivity contribution >= 4 is 39.1 Å². The van der Waals surface area contributed by atoms with Crippen LogP contribution in [0.15, 0.2) is 42.5 Å². The lowest BCUT2D eigenvalue weighted by atomic mass is 10.0. The first-order chi connectivity index (χ1) is 8.61. The first kappa shape index (κ1) is 13.7. The van der Waals surface area contributed by atoms with Gasteiger partial charge < -0.3 is 4.74 Å². The van der Waals surface area contributed by atoms with E-state index in [9.17, 15) is 0 Å². The van der Waals surface area contributed by atoms with Crippen molar-refractivity contribution in [3.63, 3.8) is 0 Å². The average molecular weight is 346 g/mol. The third-order valence-corrected chi connectivity index (χ3v) is 4.42. The van der Waals surface area contributed by atoms with Crippen LogP contribution in [0.1, 0.15) is 16.0 Å². The van der Waals surface area contributed by atoms with Crippen molar-refractivity contribution in [3.05, 3.63) is 63.6 Å². The van der Waals surface area contributed by atoms with Crippen molar-refractivity contribution in [2.24, 2.45) is 0 Å². The van der Waals surface area contributed by atoms with E-state index in [1.165, 1.54) is 0 Å². The molecule has 4 heteroatoms. The number of alkyl halides is 1. The Bertz CT molecular complexity index is 557. The predicted molar refractivity (Wildman–Crippen MR) is 80.2 cm³/mol. The summed E-state index contributed by atoms with van der Waals surface area (Å²) in [5.74, 6) is 0.831. The van der Waals surface area contributed by atoms with Crippen molar-refractivity contribution in [3.8, 4) is 5.75 Å². The van der Waals surface area contributed by atoms with Crippen LogP contribution in [0.4, 0.5) is 0 Å². The van der Waals surface area contributed by atoms with Crippen LogP contribution >= 0.6 is 39.1 Å². The highest BCUT2D eigenvalue weighted by atomic mass is 79.9. The zero-order valence-corrected chi connectivity index (χ0v) is 12.8. The second kappa shape index (κ2) is 5.96. The molecular weight excluding hydrogens is 335 g/mol. The zero-order valence-electron chi connectivity index (χ0n) is 9.66. The molecule has 1 unspecified atom stereocenters. The number of benzene rings is 2. The summed E-state index contributed by atoms with van der Waals surface area (Å²) in [6.07, 6.45) is 0. The number of ether oxygens (including phenoxy) is 1. The van der Waals surface area contributed by atoms with Gasteiger partial charge in [0.1, 0.15) is 5.75 Å². The predicted octanol–water partition coefficient (Wildman–Crippen LogP) is 5.49. The minimum Gasteiger partial charge on any atom is -0.497 e. The van der Waals surface area contributed by atoms with E-state index >= 15 is 0 Å². The summed E-state index contributed by atoms with van der Waals surface area (Å²) >= 11 is 15.6. The fraction of sp³-hybridized carbons (Fsp3) is 0.143. The van der Waals surface area contributed by atoms with E-state index in [4.69, 9.17) is 27.9 Å². The van der Waals surface area contributed by atoms with Gasteiger partial charge in [-0.15, -0.1) is 0 Å². The lowest BCUT2D eigenvalue weighted by Gasteiger charge is -2.12. The Kier molecular flexibility index (Phi) is 4.55. The molecular formula is C14H11BrCl2O. The van der Waals surface area contributed by atoms with E-state index < -0.39 is 0 Å². The summed E-state index contributed by atoms with van der Waals surface area (Å²) in [6, 6.07) is 13.5. The van der Waals surface area contributed by atoms with E-state index in [0.717, 1.165) is 16.9 Å². The lowest BCUT2D eigenvalue weighted by molar-refractivity contribution is 0.414. The van der Waals surface area contributed by atoms with E-state index in [1.54, 1.807) is 13.2 Å². The molecule has 0 saturated heterocycles. The largest absolute Gasteiger partial charge is 0.497 e. The molecule has 0 aromatic heterocycles. The highest BCUT2D eigenvalue weighted by Gasteiger charge is 2.12. The second-order valence-corrected chi connectivity index (χ2v) is 5.54. The fourth-order valence-electron chi connectivity index (χ4n) is 1.66. The Morgan fingerprint density at radius 1 is 1.00 bits per heavy atom. The van der Waals surface area contributed by atoms with Crippen molar-refractivity contribution in [1.82, 2.24) is 0 Å². The second-order valence-electron chi connectivity index (χ2n) is 3.81. The standard InChI is InChI=1S/C14H11BrCl2O/c1-18-11-4-2-3-9(7-11)14(15)10-5-6-12(16)13(17)8-10/h2-8,14H,1H3. The molecule has 2 rings (SSSR count). The van der Waals surface area contributed by atoms with Gasteiger partial charge in [0.2, 0.25) is 0 Å². The van der Waals surface area contributed by atoms with Crippen molar-refractivity contribution in [2.75, 3.05) is 7.11 Å². The van der Waals surface area contributed by atoms with Crippen LogP contribution in [0.25, 0.3) is 0 Å². The Hall–Kier alpha value is -0.700. The van der Waals surface area contributed by atoms with Crippen LogP contribution in [0.5, 0.6) is 5.75 Å². The monoisotopic (exact) mass is 344 g/mol. The first-order valence-electron chi connectivity index (χ1n) is 5.35. The third-order valence-electron chi connectivity index (χ3n) is 2.62. The van der Waals surface area contributed by atoms with Crippen LogP contribution in [-0.2, 0) is 0 Å². The highest BCUT2D eigenvalue weighted by molar-refractivity contribution is 9.09. The molecule has 0 spiro atoms. The van der Waals surface area contributed by atoms with E-state index in [2.05, 4.69) is 15.9 Å². The molecule has 0 aliphatic heterocycles. The smallest absolute Gasteiger partial charge is 0.119 e. The van der Waals surface area contributed by atoms with Gasteiger partial charge in [0, 0.05) is 0 Å². The molecule has 18 heavy (non-hydrogen) atoms. The van der Waals surface area contributed by atoms with Gasteiger partial charge in [0.15, 0.2) is 0 Å². The Morgan fingerprint density at radius 3 is 2.39 bits per heavy atom. The van der Waals surface area contributed by atoms with Crippen LogP contribution in [-0.4, -0.2) is 7.11 Å². The molecule has 0 radical (unpaired) electrons. The molecule has 1 atom stereocenters. The maximum atomic E-state index is 6.03. The van der Waals surface area contributed by atoms with Gasteiger partial charge in [-0.05, 0) is 35.4 Å².